The molecule has 0 amide bonds. The maximum absolute atomic E-state index is 6.20. The Morgan fingerprint density at radius 3 is 1.94 bits per heavy atom. The molecule has 1 nitrogen and oxygen atoms in total. The molecular weight excluding hydrogens is 239 g/mol. The fourth-order valence-corrected chi connectivity index (χ4v) is 2.65. The minimum absolute atomic E-state index is 0.224. The summed E-state index contributed by atoms with van der Waals surface area (Å²) >= 11 is 1.84. The van der Waals surface area contributed by atoms with Crippen molar-refractivity contribution in [1.29, 1.82) is 0 Å². The minimum atomic E-state index is 0.224. The summed E-state index contributed by atoms with van der Waals surface area (Å²) in [7, 11) is 0. The molecule has 0 spiro atoms. The fraction of sp³-hybridized carbons (Fsp3) is 0.867. The van der Waals surface area contributed by atoms with E-state index < -0.39 is 0 Å². The quantitative estimate of drug-likeness (QED) is 0.376. The normalized spacial score (nSPS) is 12.7. The third-order valence-corrected chi connectivity index (χ3v) is 3.83. The lowest BCUT2D eigenvalue weighted by molar-refractivity contribution is 0.462. The molecule has 0 rings (SSSR count). The van der Waals surface area contributed by atoms with Crippen molar-refractivity contribution in [3.63, 3.8) is 0 Å². The van der Waals surface area contributed by atoms with Gasteiger partial charge in [0.15, 0.2) is 0 Å². The maximum Gasteiger partial charge on any atom is 0.358 e. The van der Waals surface area contributed by atoms with Crippen molar-refractivity contribution in [2.24, 2.45) is 0 Å². The molecule has 0 aromatic heterocycles. The average Bonchev–Trinajstić information content (AvgIpc) is 2.29. The predicted molar refractivity (Wildman–Crippen MR) is 87.4 cm³/mol. The third-order valence-electron chi connectivity index (χ3n) is 2.68. The van der Waals surface area contributed by atoms with Crippen molar-refractivity contribution in [1.82, 2.24) is 0 Å². The van der Waals surface area contributed by atoms with Crippen LogP contribution in [0.3, 0.4) is 0 Å². The van der Waals surface area contributed by atoms with Gasteiger partial charge in [0.1, 0.15) is 5.09 Å². The zero-order chi connectivity index (χ0) is 14.0. The lowest BCUT2D eigenvalue weighted by Gasteiger charge is -2.23. The first-order valence-corrected chi connectivity index (χ1v) is 8.26. The Labute approximate surface area is 119 Å². The highest BCUT2D eigenvalue weighted by atomic mass is 32.2. The van der Waals surface area contributed by atoms with Crippen LogP contribution in [0.1, 0.15) is 67.2 Å². The van der Waals surface area contributed by atoms with Crippen LogP contribution < -0.4 is 0 Å². The van der Waals surface area contributed by atoms with E-state index in [0.29, 0.717) is 6.92 Å². The topological polar surface area (TPSA) is 9.23 Å². The molecular formula is C15H31BOS. The molecule has 106 valence electrons. The number of rotatable bonds is 9. The molecule has 0 saturated carbocycles. The zero-order valence-corrected chi connectivity index (χ0v) is 14.0. The van der Waals surface area contributed by atoms with Gasteiger partial charge >= 0.3 is 6.92 Å². The first-order valence-electron chi connectivity index (χ1n) is 7.44. The number of hydrogen-bond donors (Lipinski definition) is 0. The van der Waals surface area contributed by atoms with Crippen LogP contribution in [0.15, 0.2) is 11.2 Å². The van der Waals surface area contributed by atoms with Crippen molar-refractivity contribution in [2.45, 2.75) is 84.6 Å². The highest BCUT2D eigenvalue weighted by Crippen LogP contribution is 2.33. The van der Waals surface area contributed by atoms with Gasteiger partial charge in [0.05, 0.1) is 0 Å². The Hall–Kier alpha value is -0.0451. The molecule has 0 heterocycles. The van der Waals surface area contributed by atoms with Crippen LogP contribution in [0.5, 0.6) is 0 Å². The average molecular weight is 270 g/mol. The Morgan fingerprint density at radius 1 is 1.11 bits per heavy atom. The highest BCUT2D eigenvalue weighted by Gasteiger charge is 2.21. The predicted octanol–water partition coefficient (Wildman–Crippen LogP) is 5.99. The van der Waals surface area contributed by atoms with Gasteiger partial charge in [0.25, 0.3) is 0 Å². The summed E-state index contributed by atoms with van der Waals surface area (Å²) in [5, 5.41) is 1.10. The summed E-state index contributed by atoms with van der Waals surface area (Å²) in [5.41, 5.74) is 0. The van der Waals surface area contributed by atoms with E-state index in [1.54, 1.807) is 0 Å². The van der Waals surface area contributed by atoms with Gasteiger partial charge in [0.2, 0.25) is 0 Å². The Balaban J connectivity index is 4.32. The molecule has 0 aliphatic carbocycles. The van der Waals surface area contributed by atoms with Crippen LogP contribution in [0.25, 0.3) is 0 Å². The van der Waals surface area contributed by atoms with E-state index in [1.165, 1.54) is 38.3 Å². The lowest BCUT2D eigenvalue weighted by Crippen LogP contribution is -2.19. The largest absolute Gasteiger partial charge is 0.557 e. The van der Waals surface area contributed by atoms with Gasteiger partial charge in [-0.05, 0) is 25.6 Å². The molecule has 0 fully saturated rings. The Morgan fingerprint density at radius 2 is 1.61 bits per heavy atom. The second-order valence-corrected chi connectivity index (χ2v) is 7.68. The zero-order valence-electron chi connectivity index (χ0n) is 13.2. The summed E-state index contributed by atoms with van der Waals surface area (Å²) in [4.78, 5) is 0. The molecule has 0 radical (unpaired) electrons. The van der Waals surface area contributed by atoms with Crippen LogP contribution in [-0.4, -0.2) is 11.7 Å². The number of allylic oxidation sites excluding steroid dienone is 1. The molecule has 0 saturated heterocycles. The maximum atomic E-state index is 6.20. The first-order chi connectivity index (χ1) is 8.42. The summed E-state index contributed by atoms with van der Waals surface area (Å²) < 4.78 is 6.43. The molecule has 0 atom stereocenters. The van der Waals surface area contributed by atoms with Gasteiger partial charge in [0, 0.05) is 4.75 Å². The smallest absolute Gasteiger partial charge is 0.358 e. The van der Waals surface area contributed by atoms with Crippen molar-refractivity contribution >= 4 is 18.7 Å². The Kier molecular flexibility index (Phi) is 9.80. The standard InChI is InChI=1S/C15H31BOS/c1-7-10-12-16(13-11-8-2)17-14(9-3)18-15(4,5)6/h9H,7-8,10-13H2,1-6H3/b14-9-. The van der Waals surface area contributed by atoms with E-state index in [1.807, 2.05) is 11.8 Å². The second kappa shape index (κ2) is 9.83. The minimum Gasteiger partial charge on any atom is -0.557 e. The molecule has 0 N–H and O–H groups in total. The van der Waals surface area contributed by atoms with Gasteiger partial charge in [-0.1, -0.05) is 72.1 Å². The number of unbranched alkanes of at least 4 members (excludes halogenated alkanes) is 2. The molecule has 0 aliphatic rings. The Bertz CT molecular complexity index is 225. The molecule has 0 aromatic carbocycles. The summed E-state index contributed by atoms with van der Waals surface area (Å²) in [5.74, 6) is 0. The molecule has 0 aliphatic heterocycles. The van der Waals surface area contributed by atoms with E-state index in [4.69, 9.17) is 4.65 Å². The van der Waals surface area contributed by atoms with Crippen LogP contribution in [-0.2, 0) is 4.65 Å². The SMILES string of the molecule is C/C=C(/OB(CCCC)CCCC)SC(C)(C)C. The lowest BCUT2D eigenvalue weighted by atomic mass is 9.59. The van der Waals surface area contributed by atoms with Gasteiger partial charge in [-0.15, -0.1) is 0 Å². The number of thioether (sulfide) groups is 1. The number of hydrogen-bond acceptors (Lipinski definition) is 2. The molecule has 0 unspecified atom stereocenters. The fourth-order valence-electron chi connectivity index (χ4n) is 1.74. The van der Waals surface area contributed by atoms with Gasteiger partial charge in [-0.3, -0.25) is 0 Å². The van der Waals surface area contributed by atoms with E-state index >= 15 is 0 Å². The van der Waals surface area contributed by atoms with Crippen molar-refractivity contribution in [3.05, 3.63) is 11.2 Å². The molecule has 18 heavy (non-hydrogen) atoms. The van der Waals surface area contributed by atoms with Crippen molar-refractivity contribution in [2.75, 3.05) is 0 Å². The van der Waals surface area contributed by atoms with Gasteiger partial charge in [-0.2, -0.15) is 0 Å². The second-order valence-electron chi connectivity index (χ2n) is 5.85. The molecule has 3 heteroatoms. The highest BCUT2D eigenvalue weighted by molar-refractivity contribution is 8.04. The summed E-state index contributed by atoms with van der Waals surface area (Å²) in [6.45, 7) is 13.7. The van der Waals surface area contributed by atoms with Gasteiger partial charge < -0.3 is 4.65 Å². The van der Waals surface area contributed by atoms with E-state index in [9.17, 15) is 0 Å². The van der Waals surface area contributed by atoms with E-state index in [2.05, 4.69) is 47.6 Å². The van der Waals surface area contributed by atoms with Crippen LogP contribution in [0, 0.1) is 0 Å². The van der Waals surface area contributed by atoms with Crippen LogP contribution >= 0.6 is 11.8 Å². The summed E-state index contributed by atoms with van der Waals surface area (Å²) in [6, 6.07) is 0. The van der Waals surface area contributed by atoms with Crippen molar-refractivity contribution in [3.8, 4) is 0 Å². The third kappa shape index (κ3) is 9.93. The van der Waals surface area contributed by atoms with Crippen molar-refractivity contribution < 1.29 is 4.65 Å². The van der Waals surface area contributed by atoms with Crippen LogP contribution in [0.4, 0.5) is 0 Å². The van der Waals surface area contributed by atoms with Crippen LogP contribution in [0.2, 0.25) is 12.6 Å². The van der Waals surface area contributed by atoms with E-state index in [-0.39, 0.29) is 4.75 Å². The molecule has 0 bridgehead atoms. The summed E-state index contributed by atoms with van der Waals surface area (Å²) in [6.07, 6.45) is 9.54. The molecule has 0 aromatic rings. The van der Waals surface area contributed by atoms with Gasteiger partial charge in [-0.25, -0.2) is 0 Å². The first kappa shape index (κ1) is 18.0. The monoisotopic (exact) mass is 270 g/mol. The van der Waals surface area contributed by atoms with E-state index in [0.717, 1.165) is 5.09 Å².